The standard InChI is InChI=1S/C15H20F2N4OS/c1-2-14-18-11(9-23-14)7-13-19-15(22-20-13)10-3-5-21(6-4-10)8-12(16)17/h9-10,12H,2-8H2,1H3. The van der Waals surface area contributed by atoms with Crippen molar-refractivity contribution >= 4 is 11.3 Å². The van der Waals surface area contributed by atoms with E-state index in [1.165, 1.54) is 0 Å². The Kier molecular flexibility index (Phi) is 5.32. The van der Waals surface area contributed by atoms with E-state index in [1.54, 1.807) is 16.2 Å². The fraction of sp³-hybridized carbons (Fsp3) is 0.667. The first kappa shape index (κ1) is 16.4. The summed E-state index contributed by atoms with van der Waals surface area (Å²) in [5.41, 5.74) is 0.964. The van der Waals surface area contributed by atoms with Gasteiger partial charge in [0.2, 0.25) is 5.89 Å². The highest BCUT2D eigenvalue weighted by Crippen LogP contribution is 2.27. The smallest absolute Gasteiger partial charge is 0.251 e. The third-order valence-corrected chi connectivity index (χ3v) is 5.10. The second-order valence-electron chi connectivity index (χ2n) is 5.78. The second kappa shape index (κ2) is 7.44. The van der Waals surface area contributed by atoms with E-state index in [4.69, 9.17) is 4.52 Å². The van der Waals surface area contributed by atoms with Crippen LogP contribution in [0.15, 0.2) is 9.90 Å². The summed E-state index contributed by atoms with van der Waals surface area (Å²) in [4.78, 5) is 10.8. The van der Waals surface area contributed by atoms with Gasteiger partial charge < -0.3 is 4.52 Å². The number of aryl methyl sites for hydroxylation is 1. The minimum absolute atomic E-state index is 0.147. The zero-order valence-corrected chi connectivity index (χ0v) is 13.9. The number of hydrogen-bond acceptors (Lipinski definition) is 6. The molecule has 2 aromatic rings. The van der Waals surface area contributed by atoms with Crippen molar-refractivity contribution in [1.29, 1.82) is 0 Å². The summed E-state index contributed by atoms with van der Waals surface area (Å²) in [7, 11) is 0. The van der Waals surface area contributed by atoms with Gasteiger partial charge in [-0.2, -0.15) is 4.98 Å². The Balaban J connectivity index is 1.55. The van der Waals surface area contributed by atoms with Crippen molar-refractivity contribution in [2.24, 2.45) is 0 Å². The van der Waals surface area contributed by atoms with Gasteiger partial charge in [0.25, 0.3) is 6.43 Å². The second-order valence-corrected chi connectivity index (χ2v) is 6.72. The summed E-state index contributed by atoms with van der Waals surface area (Å²) in [6, 6.07) is 0. The first-order valence-corrected chi connectivity index (χ1v) is 8.78. The van der Waals surface area contributed by atoms with E-state index in [9.17, 15) is 8.78 Å². The van der Waals surface area contributed by atoms with Crippen LogP contribution >= 0.6 is 11.3 Å². The van der Waals surface area contributed by atoms with Crippen molar-refractivity contribution in [3.05, 3.63) is 27.8 Å². The van der Waals surface area contributed by atoms with Gasteiger partial charge in [-0.3, -0.25) is 4.90 Å². The first-order chi connectivity index (χ1) is 11.1. The van der Waals surface area contributed by atoms with E-state index in [-0.39, 0.29) is 12.5 Å². The molecule has 0 aliphatic carbocycles. The van der Waals surface area contributed by atoms with Gasteiger partial charge in [-0.1, -0.05) is 12.1 Å². The highest BCUT2D eigenvalue weighted by Gasteiger charge is 2.26. The Bertz CT molecular complexity index is 623. The molecule has 3 rings (SSSR count). The number of hydrogen-bond donors (Lipinski definition) is 0. The normalized spacial score (nSPS) is 17.2. The van der Waals surface area contributed by atoms with Gasteiger partial charge in [0.15, 0.2) is 5.82 Å². The Hall–Kier alpha value is -1.41. The molecule has 3 heterocycles. The average molecular weight is 342 g/mol. The monoisotopic (exact) mass is 342 g/mol. The number of aromatic nitrogens is 3. The molecule has 1 aliphatic rings. The Morgan fingerprint density at radius 2 is 2.13 bits per heavy atom. The number of halogens is 2. The van der Waals surface area contributed by atoms with Crippen LogP contribution in [0.1, 0.15) is 48.1 Å². The van der Waals surface area contributed by atoms with Gasteiger partial charge in [-0.05, 0) is 32.4 Å². The van der Waals surface area contributed by atoms with Crippen LogP contribution in [0.4, 0.5) is 8.78 Å². The molecule has 0 amide bonds. The summed E-state index contributed by atoms with van der Waals surface area (Å²) < 4.78 is 30.2. The summed E-state index contributed by atoms with van der Waals surface area (Å²) >= 11 is 1.64. The Morgan fingerprint density at radius 1 is 1.35 bits per heavy atom. The summed E-state index contributed by atoms with van der Waals surface area (Å²) in [6.07, 6.45) is 0.798. The zero-order chi connectivity index (χ0) is 16.2. The minimum Gasteiger partial charge on any atom is -0.339 e. The molecule has 126 valence electrons. The van der Waals surface area contributed by atoms with Gasteiger partial charge in [-0.25, -0.2) is 13.8 Å². The third-order valence-electron chi connectivity index (χ3n) is 4.06. The van der Waals surface area contributed by atoms with Gasteiger partial charge in [-0.15, -0.1) is 11.3 Å². The number of nitrogens with zero attached hydrogens (tertiary/aromatic N) is 4. The molecule has 0 unspecified atom stereocenters. The number of alkyl halides is 2. The van der Waals surface area contributed by atoms with E-state index >= 15 is 0 Å². The summed E-state index contributed by atoms with van der Waals surface area (Å²) in [5.74, 6) is 1.44. The molecular formula is C15H20F2N4OS. The quantitative estimate of drug-likeness (QED) is 0.807. The molecular weight excluding hydrogens is 322 g/mol. The van der Waals surface area contributed by atoms with Crippen molar-refractivity contribution in [2.75, 3.05) is 19.6 Å². The molecule has 1 saturated heterocycles. The van der Waals surface area contributed by atoms with Crippen molar-refractivity contribution in [1.82, 2.24) is 20.0 Å². The van der Waals surface area contributed by atoms with Crippen LogP contribution < -0.4 is 0 Å². The summed E-state index contributed by atoms with van der Waals surface area (Å²) in [6.45, 7) is 3.23. The molecule has 0 aromatic carbocycles. The topological polar surface area (TPSA) is 55.1 Å². The summed E-state index contributed by atoms with van der Waals surface area (Å²) in [5, 5.41) is 7.17. The lowest BCUT2D eigenvalue weighted by atomic mass is 9.97. The lowest BCUT2D eigenvalue weighted by Gasteiger charge is -2.29. The van der Waals surface area contributed by atoms with E-state index < -0.39 is 6.43 Å². The molecule has 23 heavy (non-hydrogen) atoms. The van der Waals surface area contributed by atoms with Gasteiger partial charge in [0.05, 0.1) is 23.7 Å². The maximum absolute atomic E-state index is 12.4. The van der Waals surface area contributed by atoms with Crippen molar-refractivity contribution < 1.29 is 13.3 Å². The molecule has 0 N–H and O–H groups in total. The zero-order valence-electron chi connectivity index (χ0n) is 13.0. The van der Waals surface area contributed by atoms with Crippen molar-refractivity contribution in [2.45, 2.75) is 45.0 Å². The average Bonchev–Trinajstić information content (AvgIpc) is 3.17. The third kappa shape index (κ3) is 4.32. The van der Waals surface area contributed by atoms with Gasteiger partial charge >= 0.3 is 0 Å². The highest BCUT2D eigenvalue weighted by molar-refractivity contribution is 7.09. The lowest BCUT2D eigenvalue weighted by Crippen LogP contribution is -2.36. The first-order valence-electron chi connectivity index (χ1n) is 7.90. The Labute approximate surface area is 137 Å². The van der Waals surface area contributed by atoms with E-state index in [0.717, 1.165) is 30.0 Å². The minimum atomic E-state index is -2.27. The molecule has 1 aliphatic heterocycles. The number of likely N-dealkylation sites (tertiary alicyclic amines) is 1. The van der Waals surface area contributed by atoms with E-state index in [0.29, 0.717) is 31.2 Å². The molecule has 0 bridgehead atoms. The lowest BCUT2D eigenvalue weighted by molar-refractivity contribution is 0.0731. The highest BCUT2D eigenvalue weighted by atomic mass is 32.1. The van der Waals surface area contributed by atoms with Crippen LogP contribution in [0.3, 0.4) is 0 Å². The molecule has 1 fully saturated rings. The molecule has 2 aromatic heterocycles. The number of piperidine rings is 1. The number of rotatable bonds is 6. The van der Waals surface area contributed by atoms with E-state index in [1.807, 2.05) is 5.38 Å². The SMILES string of the molecule is CCc1nc(Cc2noc(C3CCN(CC(F)F)CC3)n2)cs1. The van der Waals surface area contributed by atoms with Crippen LogP contribution in [0.25, 0.3) is 0 Å². The van der Waals surface area contributed by atoms with Crippen LogP contribution in [0, 0.1) is 0 Å². The van der Waals surface area contributed by atoms with Crippen LogP contribution in [0.2, 0.25) is 0 Å². The molecule has 0 atom stereocenters. The molecule has 0 saturated carbocycles. The van der Waals surface area contributed by atoms with Crippen molar-refractivity contribution in [3.8, 4) is 0 Å². The Morgan fingerprint density at radius 3 is 2.78 bits per heavy atom. The predicted octanol–water partition coefficient (Wildman–Crippen LogP) is 3.12. The van der Waals surface area contributed by atoms with Crippen molar-refractivity contribution in [3.63, 3.8) is 0 Å². The molecule has 0 radical (unpaired) electrons. The van der Waals surface area contributed by atoms with E-state index in [2.05, 4.69) is 22.0 Å². The number of thiazole rings is 1. The maximum atomic E-state index is 12.4. The van der Waals surface area contributed by atoms with Crippen LogP contribution in [-0.2, 0) is 12.8 Å². The maximum Gasteiger partial charge on any atom is 0.251 e. The molecule has 5 nitrogen and oxygen atoms in total. The largest absolute Gasteiger partial charge is 0.339 e. The van der Waals surface area contributed by atoms with Crippen LogP contribution in [-0.4, -0.2) is 46.1 Å². The molecule has 8 heteroatoms. The molecule has 0 spiro atoms. The van der Waals surface area contributed by atoms with Crippen LogP contribution in [0.5, 0.6) is 0 Å². The predicted molar refractivity (Wildman–Crippen MR) is 83.0 cm³/mol. The fourth-order valence-electron chi connectivity index (χ4n) is 2.82. The van der Waals surface area contributed by atoms with Gasteiger partial charge in [0.1, 0.15) is 0 Å². The van der Waals surface area contributed by atoms with Gasteiger partial charge in [0, 0.05) is 11.3 Å². The fourth-order valence-corrected chi connectivity index (χ4v) is 3.56.